The molecule has 0 aromatic heterocycles. The number of hydrogen-bond donors (Lipinski definition) is 1. The van der Waals surface area contributed by atoms with E-state index in [0.717, 1.165) is 16.7 Å². The van der Waals surface area contributed by atoms with Crippen LogP contribution in [-0.4, -0.2) is 41.6 Å². The number of thioether (sulfide) groups is 1. The molecule has 1 fully saturated rings. The highest BCUT2D eigenvalue weighted by Crippen LogP contribution is 2.32. The van der Waals surface area contributed by atoms with Gasteiger partial charge in [-0.05, 0) is 48.2 Å². The Labute approximate surface area is 175 Å². The zero-order chi connectivity index (χ0) is 20.8. The van der Waals surface area contributed by atoms with E-state index in [4.69, 9.17) is 16.3 Å². The van der Waals surface area contributed by atoms with Crippen LogP contribution in [0, 0.1) is 5.82 Å². The molecule has 29 heavy (non-hydrogen) atoms. The van der Waals surface area contributed by atoms with Crippen molar-refractivity contribution < 1.29 is 23.5 Å². The lowest BCUT2D eigenvalue weighted by molar-refractivity contribution is -0.125. The Bertz CT molecular complexity index is 965. The number of nitrogens with zero attached hydrogens (tertiary/aromatic N) is 1. The van der Waals surface area contributed by atoms with E-state index in [1.165, 1.54) is 24.3 Å². The molecule has 0 spiro atoms. The zero-order valence-corrected chi connectivity index (χ0v) is 16.6. The van der Waals surface area contributed by atoms with Crippen molar-refractivity contribution in [3.05, 3.63) is 69.8 Å². The van der Waals surface area contributed by atoms with Crippen LogP contribution >= 0.6 is 23.4 Å². The molecule has 1 N–H and O–H groups in total. The van der Waals surface area contributed by atoms with Gasteiger partial charge < -0.3 is 10.1 Å². The van der Waals surface area contributed by atoms with Crippen LogP contribution in [0.5, 0.6) is 5.75 Å². The van der Waals surface area contributed by atoms with E-state index < -0.39 is 22.9 Å². The first kappa shape index (κ1) is 20.9. The van der Waals surface area contributed by atoms with Gasteiger partial charge in [-0.2, -0.15) is 0 Å². The van der Waals surface area contributed by atoms with Gasteiger partial charge in [0, 0.05) is 23.7 Å². The first-order valence-electron chi connectivity index (χ1n) is 8.59. The summed E-state index contributed by atoms with van der Waals surface area (Å²) >= 11 is 6.51. The molecule has 0 atom stereocenters. The van der Waals surface area contributed by atoms with Crippen LogP contribution in [-0.2, 0) is 9.59 Å². The van der Waals surface area contributed by atoms with Gasteiger partial charge in [-0.3, -0.25) is 19.3 Å². The van der Waals surface area contributed by atoms with Crippen molar-refractivity contribution in [3.63, 3.8) is 0 Å². The summed E-state index contributed by atoms with van der Waals surface area (Å²) in [5.41, 5.74) is 0.227. The molecular weight excluding hydrogens is 419 g/mol. The van der Waals surface area contributed by atoms with Crippen LogP contribution in [0.25, 0.3) is 6.08 Å². The van der Waals surface area contributed by atoms with Crippen molar-refractivity contribution in [2.45, 2.75) is 0 Å². The van der Waals surface area contributed by atoms with Crippen LogP contribution in [0.4, 0.5) is 9.18 Å². The van der Waals surface area contributed by atoms with Gasteiger partial charge >= 0.3 is 0 Å². The Morgan fingerprint density at radius 1 is 1.17 bits per heavy atom. The maximum atomic E-state index is 13.7. The molecule has 3 rings (SSSR count). The Morgan fingerprint density at radius 2 is 1.90 bits per heavy atom. The van der Waals surface area contributed by atoms with Gasteiger partial charge in [0.15, 0.2) is 6.61 Å². The minimum atomic E-state index is -0.519. The quantitative estimate of drug-likeness (QED) is 0.672. The fourth-order valence-electron chi connectivity index (χ4n) is 2.46. The monoisotopic (exact) mass is 434 g/mol. The van der Waals surface area contributed by atoms with Crippen molar-refractivity contribution in [2.24, 2.45) is 0 Å². The first-order valence-corrected chi connectivity index (χ1v) is 9.78. The maximum absolute atomic E-state index is 13.7. The minimum Gasteiger partial charge on any atom is -0.484 e. The first-order chi connectivity index (χ1) is 13.9. The van der Waals surface area contributed by atoms with E-state index in [9.17, 15) is 18.8 Å². The Balaban J connectivity index is 1.48. The third kappa shape index (κ3) is 5.58. The van der Waals surface area contributed by atoms with Crippen molar-refractivity contribution in [3.8, 4) is 5.75 Å². The summed E-state index contributed by atoms with van der Waals surface area (Å²) in [6.45, 7) is -0.128. The normalized spacial score (nSPS) is 15.1. The summed E-state index contributed by atoms with van der Waals surface area (Å²) in [4.78, 5) is 37.5. The molecule has 0 bridgehead atoms. The maximum Gasteiger partial charge on any atom is 0.293 e. The predicted octanol–water partition coefficient (Wildman–Crippen LogP) is 3.71. The third-order valence-electron chi connectivity index (χ3n) is 3.91. The van der Waals surface area contributed by atoms with Crippen LogP contribution in [0.3, 0.4) is 0 Å². The van der Waals surface area contributed by atoms with E-state index in [2.05, 4.69) is 5.32 Å². The highest BCUT2D eigenvalue weighted by atomic mass is 35.5. The number of benzene rings is 2. The minimum absolute atomic E-state index is 0.00592. The number of rotatable bonds is 7. The number of imide groups is 1. The molecule has 150 valence electrons. The number of ether oxygens (including phenoxy) is 1. The fourth-order valence-corrected chi connectivity index (χ4v) is 3.45. The molecular formula is C20H16ClFN2O4S. The number of hydrogen-bond acceptors (Lipinski definition) is 5. The van der Waals surface area contributed by atoms with E-state index in [1.54, 1.807) is 30.3 Å². The molecule has 2 aromatic rings. The average molecular weight is 435 g/mol. The molecule has 1 aliphatic rings. The summed E-state index contributed by atoms with van der Waals surface area (Å²) in [6.07, 6.45) is 1.35. The molecule has 2 aromatic carbocycles. The summed E-state index contributed by atoms with van der Waals surface area (Å²) in [6, 6.07) is 12.5. The standard InChI is InChI=1S/C20H16ClFN2O4S/c21-14-5-7-15(8-6-14)28-12-18(25)23-9-10-24-19(26)17(29-20(24)27)11-13-3-1-2-4-16(13)22/h1-8,11H,9-10,12H2,(H,23,25)/b17-11-. The summed E-state index contributed by atoms with van der Waals surface area (Å²) < 4.78 is 19.1. The largest absolute Gasteiger partial charge is 0.484 e. The van der Waals surface area contributed by atoms with Gasteiger partial charge in [-0.15, -0.1) is 0 Å². The van der Waals surface area contributed by atoms with Gasteiger partial charge in [0.05, 0.1) is 4.91 Å². The van der Waals surface area contributed by atoms with E-state index in [0.29, 0.717) is 10.8 Å². The van der Waals surface area contributed by atoms with Gasteiger partial charge in [0.2, 0.25) is 0 Å². The number of halogens is 2. The van der Waals surface area contributed by atoms with Crippen LogP contribution in [0.1, 0.15) is 5.56 Å². The zero-order valence-electron chi connectivity index (χ0n) is 15.1. The molecule has 0 unspecified atom stereocenters. The SMILES string of the molecule is O=C(COc1ccc(Cl)cc1)NCCN1C(=O)S/C(=C\c2ccccc2F)C1=O. The number of carbonyl (C=O) groups excluding carboxylic acids is 3. The Kier molecular flexibility index (Phi) is 6.90. The number of amides is 3. The number of carbonyl (C=O) groups is 3. The molecule has 1 saturated heterocycles. The van der Waals surface area contributed by atoms with Gasteiger partial charge in [-0.1, -0.05) is 29.8 Å². The lowest BCUT2D eigenvalue weighted by atomic mass is 10.2. The second kappa shape index (κ2) is 9.58. The van der Waals surface area contributed by atoms with Crippen LogP contribution < -0.4 is 10.1 Å². The molecule has 0 aliphatic carbocycles. The molecule has 3 amide bonds. The average Bonchev–Trinajstić information content (AvgIpc) is 2.96. The predicted molar refractivity (Wildman–Crippen MR) is 109 cm³/mol. The molecule has 1 aliphatic heterocycles. The molecule has 0 radical (unpaired) electrons. The third-order valence-corrected chi connectivity index (χ3v) is 5.07. The topological polar surface area (TPSA) is 75.7 Å². The lowest BCUT2D eigenvalue weighted by Crippen LogP contribution is -2.38. The Hall–Kier alpha value is -2.84. The van der Waals surface area contributed by atoms with Crippen LogP contribution in [0.2, 0.25) is 5.02 Å². The lowest BCUT2D eigenvalue weighted by Gasteiger charge is -2.13. The highest BCUT2D eigenvalue weighted by molar-refractivity contribution is 8.18. The second-order valence-electron chi connectivity index (χ2n) is 5.95. The number of nitrogens with one attached hydrogen (secondary N) is 1. The van der Waals surface area contributed by atoms with Crippen molar-refractivity contribution in [1.82, 2.24) is 10.2 Å². The highest BCUT2D eigenvalue weighted by Gasteiger charge is 2.34. The van der Waals surface area contributed by atoms with Gasteiger partial charge in [0.1, 0.15) is 11.6 Å². The smallest absolute Gasteiger partial charge is 0.293 e. The van der Waals surface area contributed by atoms with E-state index in [-0.39, 0.29) is 30.2 Å². The van der Waals surface area contributed by atoms with E-state index in [1.807, 2.05) is 0 Å². The van der Waals surface area contributed by atoms with Crippen molar-refractivity contribution in [2.75, 3.05) is 19.7 Å². The van der Waals surface area contributed by atoms with Gasteiger partial charge in [0.25, 0.3) is 17.1 Å². The molecule has 0 saturated carbocycles. The van der Waals surface area contributed by atoms with Gasteiger partial charge in [-0.25, -0.2) is 4.39 Å². The Morgan fingerprint density at radius 3 is 2.62 bits per heavy atom. The van der Waals surface area contributed by atoms with E-state index >= 15 is 0 Å². The molecule has 6 nitrogen and oxygen atoms in total. The summed E-state index contributed by atoms with van der Waals surface area (Å²) in [5, 5.41) is 2.67. The van der Waals surface area contributed by atoms with Crippen molar-refractivity contribution >= 4 is 46.5 Å². The fraction of sp³-hybridized carbons (Fsp3) is 0.150. The second-order valence-corrected chi connectivity index (χ2v) is 7.38. The summed E-state index contributed by atoms with van der Waals surface area (Å²) in [7, 11) is 0. The summed E-state index contributed by atoms with van der Waals surface area (Å²) in [5.74, 6) is -0.898. The van der Waals surface area contributed by atoms with Crippen LogP contribution in [0.15, 0.2) is 53.4 Å². The van der Waals surface area contributed by atoms with Crippen molar-refractivity contribution in [1.29, 1.82) is 0 Å². The molecule has 1 heterocycles. The molecule has 9 heteroatoms.